The molecule has 0 atom stereocenters. The van der Waals surface area contributed by atoms with Gasteiger partial charge in [-0.1, -0.05) is 0 Å². The Hall–Kier alpha value is -2.24. The highest BCUT2D eigenvalue weighted by Gasteiger charge is 2.13. The topological polar surface area (TPSA) is 69.9 Å². The first kappa shape index (κ1) is 10.3. The lowest BCUT2D eigenvalue weighted by atomic mass is 10.2. The maximum Gasteiger partial charge on any atom is 0.216 e. The van der Waals surface area contributed by atoms with Crippen molar-refractivity contribution in [2.24, 2.45) is 7.05 Å². The first-order chi connectivity index (χ1) is 7.70. The van der Waals surface area contributed by atoms with Gasteiger partial charge in [0.2, 0.25) is 11.7 Å². The molecule has 0 saturated carbocycles. The number of ether oxygens (including phenoxy) is 1. The predicted octanol–water partition coefficient (Wildman–Crippen LogP) is 0.450. The standard InChI is InChI=1S/C10H10N4O2/c1-14-5-7(4-13-14)10(15)8-3-9(16-2)12-6-11-8/h3-6H,1-2H3. The third kappa shape index (κ3) is 1.90. The van der Waals surface area contributed by atoms with Gasteiger partial charge in [0.1, 0.15) is 12.0 Å². The molecule has 0 amide bonds. The van der Waals surface area contributed by atoms with Crippen LogP contribution in [-0.4, -0.2) is 32.6 Å². The van der Waals surface area contributed by atoms with Gasteiger partial charge in [-0.25, -0.2) is 9.97 Å². The van der Waals surface area contributed by atoms with Crippen molar-refractivity contribution in [1.29, 1.82) is 0 Å². The predicted molar refractivity (Wildman–Crippen MR) is 55.2 cm³/mol. The van der Waals surface area contributed by atoms with E-state index in [1.165, 1.54) is 25.7 Å². The molecule has 0 radical (unpaired) electrons. The molecular formula is C10H10N4O2. The maximum atomic E-state index is 11.9. The second-order valence-electron chi connectivity index (χ2n) is 3.18. The summed E-state index contributed by atoms with van der Waals surface area (Å²) in [5.74, 6) is 0.163. The molecule has 0 aliphatic rings. The summed E-state index contributed by atoms with van der Waals surface area (Å²) >= 11 is 0. The smallest absolute Gasteiger partial charge is 0.216 e. The monoisotopic (exact) mass is 218 g/mol. The average Bonchev–Trinajstić information content (AvgIpc) is 2.75. The van der Waals surface area contributed by atoms with E-state index in [0.29, 0.717) is 17.1 Å². The molecule has 82 valence electrons. The summed E-state index contributed by atoms with van der Waals surface area (Å²) in [4.78, 5) is 19.7. The molecule has 0 saturated heterocycles. The summed E-state index contributed by atoms with van der Waals surface area (Å²) < 4.78 is 6.48. The molecule has 6 heteroatoms. The van der Waals surface area contributed by atoms with Crippen LogP contribution in [-0.2, 0) is 7.05 Å². The Bertz CT molecular complexity index is 521. The third-order valence-electron chi connectivity index (χ3n) is 2.05. The van der Waals surface area contributed by atoms with E-state index < -0.39 is 0 Å². The van der Waals surface area contributed by atoms with Crippen LogP contribution in [0.4, 0.5) is 0 Å². The zero-order valence-corrected chi connectivity index (χ0v) is 8.91. The fourth-order valence-electron chi connectivity index (χ4n) is 1.26. The van der Waals surface area contributed by atoms with Crippen molar-refractivity contribution in [2.75, 3.05) is 7.11 Å². The number of aryl methyl sites for hydroxylation is 1. The van der Waals surface area contributed by atoms with Crippen molar-refractivity contribution >= 4 is 5.78 Å². The van der Waals surface area contributed by atoms with E-state index in [9.17, 15) is 4.79 Å². The number of carbonyl (C=O) groups excluding carboxylic acids is 1. The molecule has 2 rings (SSSR count). The quantitative estimate of drug-likeness (QED) is 0.699. The number of hydrogen-bond acceptors (Lipinski definition) is 5. The number of hydrogen-bond donors (Lipinski definition) is 0. The summed E-state index contributed by atoms with van der Waals surface area (Å²) in [6.45, 7) is 0. The second-order valence-corrected chi connectivity index (χ2v) is 3.18. The lowest BCUT2D eigenvalue weighted by molar-refractivity contribution is 0.103. The third-order valence-corrected chi connectivity index (χ3v) is 2.05. The van der Waals surface area contributed by atoms with E-state index in [1.807, 2.05) is 0 Å². The average molecular weight is 218 g/mol. The number of aromatic nitrogens is 4. The Kier molecular flexibility index (Phi) is 2.63. The number of carbonyl (C=O) groups is 1. The summed E-state index contributed by atoms with van der Waals surface area (Å²) in [5.41, 5.74) is 0.781. The van der Waals surface area contributed by atoms with Gasteiger partial charge < -0.3 is 4.74 Å². The van der Waals surface area contributed by atoms with Crippen LogP contribution in [0.1, 0.15) is 16.1 Å². The molecule has 0 bridgehead atoms. The van der Waals surface area contributed by atoms with Crippen molar-refractivity contribution in [3.8, 4) is 5.88 Å². The Morgan fingerprint density at radius 2 is 2.25 bits per heavy atom. The first-order valence-corrected chi connectivity index (χ1v) is 4.60. The molecule has 2 aromatic rings. The summed E-state index contributed by atoms with van der Waals surface area (Å²) in [5, 5.41) is 3.93. The van der Waals surface area contributed by atoms with Gasteiger partial charge in [0, 0.05) is 19.3 Å². The van der Waals surface area contributed by atoms with Gasteiger partial charge in [0.05, 0.1) is 18.9 Å². The molecule has 0 aromatic carbocycles. The molecule has 0 N–H and O–H groups in total. The van der Waals surface area contributed by atoms with Crippen LogP contribution < -0.4 is 4.74 Å². The van der Waals surface area contributed by atoms with E-state index in [4.69, 9.17) is 4.74 Å². The van der Waals surface area contributed by atoms with Crippen LogP contribution in [0, 0.1) is 0 Å². The van der Waals surface area contributed by atoms with E-state index in [1.54, 1.807) is 17.9 Å². The van der Waals surface area contributed by atoms with Crippen LogP contribution >= 0.6 is 0 Å². The van der Waals surface area contributed by atoms with Crippen molar-refractivity contribution in [2.45, 2.75) is 0 Å². The molecule has 0 spiro atoms. The Morgan fingerprint density at radius 3 is 2.88 bits per heavy atom. The number of ketones is 1. The first-order valence-electron chi connectivity index (χ1n) is 4.60. The minimum absolute atomic E-state index is 0.200. The van der Waals surface area contributed by atoms with Crippen LogP contribution in [0.25, 0.3) is 0 Å². The largest absolute Gasteiger partial charge is 0.481 e. The fraction of sp³-hybridized carbons (Fsp3) is 0.200. The van der Waals surface area contributed by atoms with E-state index in [-0.39, 0.29) is 5.78 Å². The second kappa shape index (κ2) is 4.09. The summed E-state index contributed by atoms with van der Waals surface area (Å²) in [7, 11) is 3.23. The molecule has 0 fully saturated rings. The van der Waals surface area contributed by atoms with E-state index in [2.05, 4.69) is 15.1 Å². The molecule has 0 aliphatic carbocycles. The van der Waals surface area contributed by atoms with Gasteiger partial charge in [-0.05, 0) is 0 Å². The van der Waals surface area contributed by atoms with Gasteiger partial charge in [-0.15, -0.1) is 0 Å². The highest BCUT2D eigenvalue weighted by atomic mass is 16.5. The van der Waals surface area contributed by atoms with E-state index in [0.717, 1.165) is 0 Å². The molecule has 0 unspecified atom stereocenters. The normalized spacial score (nSPS) is 10.1. The lowest BCUT2D eigenvalue weighted by Gasteiger charge is -1.99. The summed E-state index contributed by atoms with van der Waals surface area (Å²) in [6.07, 6.45) is 4.43. The van der Waals surface area contributed by atoms with Crippen molar-refractivity contribution < 1.29 is 9.53 Å². The number of nitrogens with zero attached hydrogens (tertiary/aromatic N) is 4. The maximum absolute atomic E-state index is 11.9. The lowest BCUT2D eigenvalue weighted by Crippen LogP contribution is -2.04. The zero-order chi connectivity index (χ0) is 11.5. The van der Waals surface area contributed by atoms with Gasteiger partial charge in [0.25, 0.3) is 0 Å². The zero-order valence-electron chi connectivity index (χ0n) is 8.91. The van der Waals surface area contributed by atoms with Crippen molar-refractivity contribution in [1.82, 2.24) is 19.7 Å². The van der Waals surface area contributed by atoms with Gasteiger partial charge in [-0.3, -0.25) is 9.48 Å². The van der Waals surface area contributed by atoms with Gasteiger partial charge >= 0.3 is 0 Å². The fourth-order valence-corrected chi connectivity index (χ4v) is 1.26. The minimum Gasteiger partial charge on any atom is -0.481 e. The molecule has 2 aromatic heterocycles. The molecule has 16 heavy (non-hydrogen) atoms. The SMILES string of the molecule is COc1cc(C(=O)c2cnn(C)c2)ncn1. The molecule has 0 aliphatic heterocycles. The van der Waals surface area contributed by atoms with Crippen LogP contribution in [0.2, 0.25) is 0 Å². The molecule has 2 heterocycles. The van der Waals surface area contributed by atoms with Gasteiger partial charge in [0.15, 0.2) is 0 Å². The number of rotatable bonds is 3. The minimum atomic E-state index is -0.200. The Balaban J connectivity index is 2.33. The number of methoxy groups -OCH3 is 1. The van der Waals surface area contributed by atoms with E-state index >= 15 is 0 Å². The van der Waals surface area contributed by atoms with Gasteiger partial charge in [-0.2, -0.15) is 5.10 Å². The van der Waals surface area contributed by atoms with Crippen LogP contribution in [0.5, 0.6) is 5.88 Å². The van der Waals surface area contributed by atoms with Crippen LogP contribution in [0.3, 0.4) is 0 Å². The van der Waals surface area contributed by atoms with Crippen molar-refractivity contribution in [3.63, 3.8) is 0 Å². The van der Waals surface area contributed by atoms with Crippen molar-refractivity contribution in [3.05, 3.63) is 36.0 Å². The Morgan fingerprint density at radius 1 is 1.44 bits per heavy atom. The highest BCUT2D eigenvalue weighted by molar-refractivity contribution is 6.07. The highest BCUT2D eigenvalue weighted by Crippen LogP contribution is 2.10. The van der Waals surface area contributed by atoms with Crippen LogP contribution in [0.15, 0.2) is 24.8 Å². The summed E-state index contributed by atoms with van der Waals surface area (Å²) in [6, 6.07) is 1.50. The molecular weight excluding hydrogens is 208 g/mol. The molecule has 6 nitrogen and oxygen atoms in total. The Labute approximate surface area is 91.9 Å².